The van der Waals surface area contributed by atoms with Crippen molar-refractivity contribution < 1.29 is 19.0 Å². The number of para-hydroxylation sites is 1. The van der Waals surface area contributed by atoms with Crippen LogP contribution in [-0.4, -0.2) is 41.7 Å². The van der Waals surface area contributed by atoms with Crippen molar-refractivity contribution in [2.45, 2.75) is 20.0 Å². The zero-order valence-electron chi connectivity index (χ0n) is 20.0. The Morgan fingerprint density at radius 3 is 2.58 bits per heavy atom. The van der Waals surface area contributed by atoms with Crippen molar-refractivity contribution in [1.82, 2.24) is 9.66 Å². The third-order valence-corrected chi connectivity index (χ3v) is 5.86. The van der Waals surface area contributed by atoms with Gasteiger partial charge in [0.25, 0.3) is 5.56 Å². The van der Waals surface area contributed by atoms with Gasteiger partial charge < -0.3 is 14.2 Å². The summed E-state index contributed by atoms with van der Waals surface area (Å²) in [7, 11) is 1.30. The molecule has 9 heteroatoms. The molecule has 0 aliphatic heterocycles. The van der Waals surface area contributed by atoms with Gasteiger partial charge in [-0.3, -0.25) is 4.79 Å². The van der Waals surface area contributed by atoms with Gasteiger partial charge in [-0.25, -0.2) is 9.78 Å². The van der Waals surface area contributed by atoms with E-state index in [1.807, 2.05) is 43.3 Å². The summed E-state index contributed by atoms with van der Waals surface area (Å²) in [6.07, 6.45) is 0.714. The highest BCUT2D eigenvalue weighted by Gasteiger charge is 2.20. The van der Waals surface area contributed by atoms with Gasteiger partial charge in [0.2, 0.25) is 0 Å². The molecule has 0 aliphatic rings. The first-order chi connectivity index (χ1) is 17.4. The highest BCUT2D eigenvalue weighted by molar-refractivity contribution is 9.10. The molecule has 0 bridgehead atoms. The molecule has 0 radical (unpaired) electrons. The number of halogens is 1. The zero-order chi connectivity index (χ0) is 25.7. The van der Waals surface area contributed by atoms with Crippen LogP contribution in [0.25, 0.3) is 22.3 Å². The average molecular weight is 550 g/mol. The van der Waals surface area contributed by atoms with Crippen molar-refractivity contribution in [3.63, 3.8) is 0 Å². The molecule has 8 nitrogen and oxygen atoms in total. The molecule has 0 fully saturated rings. The molecule has 1 heterocycles. The highest BCUT2D eigenvalue weighted by atomic mass is 79.9. The Labute approximate surface area is 216 Å². The molecule has 1 atom stereocenters. The third-order valence-electron chi connectivity index (χ3n) is 5.27. The summed E-state index contributed by atoms with van der Waals surface area (Å²) < 4.78 is 18.1. The Morgan fingerprint density at radius 2 is 1.86 bits per heavy atom. The smallest absolute Gasteiger partial charge is 0.346 e. The van der Waals surface area contributed by atoms with Gasteiger partial charge in [0.1, 0.15) is 0 Å². The second kappa shape index (κ2) is 11.2. The van der Waals surface area contributed by atoms with Crippen molar-refractivity contribution in [3.05, 3.63) is 87.1 Å². The topological polar surface area (TPSA) is 92.0 Å². The normalized spacial score (nSPS) is 12.0. The molecule has 0 saturated heterocycles. The van der Waals surface area contributed by atoms with E-state index < -0.39 is 12.1 Å². The minimum atomic E-state index is -0.833. The van der Waals surface area contributed by atoms with Gasteiger partial charge in [-0.15, -0.1) is 0 Å². The largest absolute Gasteiger partial charge is 0.490 e. The van der Waals surface area contributed by atoms with Crippen molar-refractivity contribution in [2.75, 3.05) is 13.7 Å². The SMILES string of the molecule is CCOc1cc(C=Nn2c(-c3ccccc3)nc3ccccc3c2=O)cc(Br)c1O[C@@H](C)C(=O)OC. The summed E-state index contributed by atoms with van der Waals surface area (Å²) in [4.78, 5) is 29.9. The fourth-order valence-electron chi connectivity index (χ4n) is 3.56. The molecule has 0 N–H and O–H groups in total. The quantitative estimate of drug-likeness (QED) is 0.225. The third kappa shape index (κ3) is 5.31. The van der Waals surface area contributed by atoms with Crippen LogP contribution in [0.15, 0.2) is 81.1 Å². The minimum absolute atomic E-state index is 0.286. The van der Waals surface area contributed by atoms with Gasteiger partial charge in [0.15, 0.2) is 23.4 Å². The number of esters is 1. The number of fused-ring (bicyclic) bond motifs is 1. The molecule has 0 saturated carbocycles. The van der Waals surface area contributed by atoms with Crippen molar-refractivity contribution >= 4 is 39.0 Å². The lowest BCUT2D eigenvalue weighted by atomic mass is 10.2. The van der Waals surface area contributed by atoms with Crippen LogP contribution in [0.4, 0.5) is 0 Å². The molecule has 4 rings (SSSR count). The van der Waals surface area contributed by atoms with E-state index in [2.05, 4.69) is 21.0 Å². The number of hydrogen-bond donors (Lipinski definition) is 0. The first kappa shape index (κ1) is 25.1. The van der Waals surface area contributed by atoms with Gasteiger partial charge in [-0.1, -0.05) is 42.5 Å². The number of carbonyl (C=O) groups is 1. The molecule has 184 valence electrons. The average Bonchev–Trinajstić information content (AvgIpc) is 2.90. The Bertz CT molecular complexity index is 1480. The van der Waals surface area contributed by atoms with Gasteiger partial charge in [0.05, 0.1) is 35.3 Å². The van der Waals surface area contributed by atoms with Crippen LogP contribution in [0, 0.1) is 0 Å². The number of aromatic nitrogens is 2. The Hall–Kier alpha value is -3.98. The summed E-state index contributed by atoms with van der Waals surface area (Å²) in [5, 5.41) is 4.97. The number of nitrogens with zero attached hydrogens (tertiary/aromatic N) is 3. The minimum Gasteiger partial charge on any atom is -0.490 e. The van der Waals surface area contributed by atoms with E-state index in [1.165, 1.54) is 11.8 Å². The van der Waals surface area contributed by atoms with Crippen LogP contribution in [-0.2, 0) is 9.53 Å². The lowest BCUT2D eigenvalue weighted by Gasteiger charge is -2.17. The first-order valence-corrected chi connectivity index (χ1v) is 12.0. The lowest BCUT2D eigenvalue weighted by Crippen LogP contribution is -2.25. The highest BCUT2D eigenvalue weighted by Crippen LogP contribution is 2.37. The van der Waals surface area contributed by atoms with Crippen LogP contribution in [0.1, 0.15) is 19.4 Å². The number of ether oxygens (including phenoxy) is 3. The van der Waals surface area contributed by atoms with E-state index >= 15 is 0 Å². The molecular weight excluding hydrogens is 526 g/mol. The van der Waals surface area contributed by atoms with Crippen LogP contribution < -0.4 is 15.0 Å². The van der Waals surface area contributed by atoms with E-state index in [9.17, 15) is 9.59 Å². The standard InChI is InChI=1S/C27H24BrN3O5/c1-4-35-23-15-18(14-21(28)24(23)36-17(2)27(33)34-3)16-29-31-25(19-10-6-5-7-11-19)30-22-13-9-8-12-20(22)26(31)32/h5-17H,4H2,1-3H3/t17-/m0/s1. The number of rotatable bonds is 8. The Balaban J connectivity index is 1.79. The Kier molecular flexibility index (Phi) is 7.80. The van der Waals surface area contributed by atoms with Gasteiger partial charge >= 0.3 is 5.97 Å². The van der Waals surface area contributed by atoms with E-state index in [1.54, 1.807) is 43.5 Å². The summed E-state index contributed by atoms with van der Waals surface area (Å²) in [6.45, 7) is 3.81. The molecule has 3 aromatic carbocycles. The summed E-state index contributed by atoms with van der Waals surface area (Å²) >= 11 is 3.49. The predicted molar refractivity (Wildman–Crippen MR) is 142 cm³/mol. The monoisotopic (exact) mass is 549 g/mol. The van der Waals surface area contributed by atoms with Crippen LogP contribution in [0.2, 0.25) is 0 Å². The van der Waals surface area contributed by atoms with Gasteiger partial charge in [-0.05, 0) is 59.6 Å². The number of hydrogen-bond acceptors (Lipinski definition) is 7. The number of benzene rings is 3. The molecule has 0 spiro atoms. The zero-order valence-corrected chi connectivity index (χ0v) is 21.6. The van der Waals surface area contributed by atoms with E-state index in [4.69, 9.17) is 19.2 Å². The first-order valence-electron chi connectivity index (χ1n) is 11.2. The van der Waals surface area contributed by atoms with E-state index in [-0.39, 0.29) is 5.56 Å². The molecule has 0 aliphatic carbocycles. The maximum Gasteiger partial charge on any atom is 0.346 e. The molecule has 36 heavy (non-hydrogen) atoms. The summed E-state index contributed by atoms with van der Waals surface area (Å²) in [6, 6.07) is 20.0. The molecule has 0 unspecified atom stereocenters. The number of methoxy groups -OCH3 is 1. The fraction of sp³-hybridized carbons (Fsp3) is 0.185. The van der Waals surface area contributed by atoms with E-state index in [0.717, 1.165) is 5.56 Å². The van der Waals surface area contributed by atoms with Crippen LogP contribution >= 0.6 is 15.9 Å². The lowest BCUT2D eigenvalue weighted by molar-refractivity contribution is -0.147. The van der Waals surface area contributed by atoms with E-state index in [0.29, 0.717) is 44.9 Å². The predicted octanol–water partition coefficient (Wildman–Crippen LogP) is 5.05. The van der Waals surface area contributed by atoms with Crippen molar-refractivity contribution in [3.8, 4) is 22.9 Å². The summed E-state index contributed by atoms with van der Waals surface area (Å²) in [5.74, 6) is 0.691. The fourth-order valence-corrected chi connectivity index (χ4v) is 4.11. The maximum atomic E-state index is 13.4. The maximum absolute atomic E-state index is 13.4. The molecule has 4 aromatic rings. The molecule has 1 aromatic heterocycles. The second-order valence-electron chi connectivity index (χ2n) is 7.73. The van der Waals surface area contributed by atoms with Gasteiger partial charge in [-0.2, -0.15) is 9.78 Å². The Morgan fingerprint density at radius 1 is 1.14 bits per heavy atom. The second-order valence-corrected chi connectivity index (χ2v) is 8.58. The van der Waals surface area contributed by atoms with Crippen molar-refractivity contribution in [2.24, 2.45) is 5.10 Å². The van der Waals surface area contributed by atoms with Crippen LogP contribution in [0.5, 0.6) is 11.5 Å². The van der Waals surface area contributed by atoms with Crippen LogP contribution in [0.3, 0.4) is 0 Å². The molecule has 0 amide bonds. The molecular formula is C27H24BrN3O5. The van der Waals surface area contributed by atoms with Gasteiger partial charge in [0, 0.05) is 5.56 Å². The number of carbonyl (C=O) groups excluding carboxylic acids is 1. The van der Waals surface area contributed by atoms with Crippen molar-refractivity contribution in [1.29, 1.82) is 0 Å². The summed E-state index contributed by atoms with van der Waals surface area (Å²) in [5.41, 5.74) is 1.71.